The molecule has 1 saturated heterocycles. The smallest absolute Gasteiger partial charge is 0.241 e. The maximum absolute atomic E-state index is 11.9. The number of rotatable bonds is 1. The number of carbonyl (C=O) groups excluding carboxylic acids is 1. The number of carbonyl (C=O) groups is 1. The van der Waals surface area contributed by atoms with Gasteiger partial charge in [-0.2, -0.15) is 0 Å². The molecule has 1 heterocycles. The van der Waals surface area contributed by atoms with Gasteiger partial charge in [0.2, 0.25) is 5.91 Å². The molecule has 2 rings (SSSR count). The molecule has 0 saturated carbocycles. The number of amides is 1. The van der Waals surface area contributed by atoms with Crippen molar-refractivity contribution in [2.45, 2.75) is 26.3 Å². The number of hydrogen-bond acceptors (Lipinski definition) is 2. The molecule has 0 bridgehead atoms. The zero-order valence-electron chi connectivity index (χ0n) is 10.4. The molecule has 1 N–H and O–H groups in total. The van der Waals surface area contributed by atoms with Crippen molar-refractivity contribution in [2.75, 3.05) is 18.0 Å². The van der Waals surface area contributed by atoms with Crippen molar-refractivity contribution < 1.29 is 4.79 Å². The van der Waals surface area contributed by atoms with E-state index in [1.54, 1.807) is 0 Å². The Morgan fingerprint density at radius 3 is 2.76 bits per heavy atom. The highest BCUT2D eigenvalue weighted by atomic mass is 79.9. The lowest BCUT2D eigenvalue weighted by molar-refractivity contribution is -0.119. The molecule has 0 atom stereocenters. The molecule has 92 valence electrons. The predicted octanol–water partition coefficient (Wildman–Crippen LogP) is 2.47. The van der Waals surface area contributed by atoms with E-state index in [9.17, 15) is 4.79 Å². The van der Waals surface area contributed by atoms with Gasteiger partial charge in [-0.05, 0) is 38.5 Å². The molecule has 3 nitrogen and oxygen atoms in total. The van der Waals surface area contributed by atoms with Crippen LogP contribution in [0.4, 0.5) is 5.69 Å². The van der Waals surface area contributed by atoms with Gasteiger partial charge in [-0.1, -0.05) is 22.0 Å². The SMILES string of the molecule is Cc1ccc(N2CC(C)(C)NCC2=O)cc1Br. The summed E-state index contributed by atoms with van der Waals surface area (Å²) in [6.07, 6.45) is 0. The first kappa shape index (κ1) is 12.6. The quantitative estimate of drug-likeness (QED) is 0.863. The number of piperazine rings is 1. The van der Waals surface area contributed by atoms with Crippen molar-refractivity contribution in [2.24, 2.45) is 0 Å². The van der Waals surface area contributed by atoms with Gasteiger partial charge in [-0.3, -0.25) is 4.79 Å². The van der Waals surface area contributed by atoms with Crippen LogP contribution >= 0.6 is 15.9 Å². The van der Waals surface area contributed by atoms with Gasteiger partial charge in [0.25, 0.3) is 0 Å². The number of nitrogens with one attached hydrogen (secondary N) is 1. The third-order valence-corrected chi connectivity index (χ3v) is 3.89. The van der Waals surface area contributed by atoms with Gasteiger partial charge in [0.15, 0.2) is 0 Å². The summed E-state index contributed by atoms with van der Waals surface area (Å²) in [6.45, 7) is 7.35. The summed E-state index contributed by atoms with van der Waals surface area (Å²) in [4.78, 5) is 13.8. The molecule has 0 aromatic heterocycles. The van der Waals surface area contributed by atoms with E-state index in [-0.39, 0.29) is 11.4 Å². The monoisotopic (exact) mass is 296 g/mol. The van der Waals surface area contributed by atoms with Crippen LogP contribution < -0.4 is 10.2 Å². The Morgan fingerprint density at radius 1 is 1.41 bits per heavy atom. The second-order valence-electron chi connectivity index (χ2n) is 5.15. The molecule has 1 aliphatic rings. The molecule has 1 aromatic rings. The van der Waals surface area contributed by atoms with E-state index < -0.39 is 0 Å². The molecule has 1 aromatic carbocycles. The van der Waals surface area contributed by atoms with Crippen LogP contribution in [0.3, 0.4) is 0 Å². The van der Waals surface area contributed by atoms with E-state index in [1.165, 1.54) is 5.56 Å². The second-order valence-corrected chi connectivity index (χ2v) is 6.01. The van der Waals surface area contributed by atoms with Crippen LogP contribution in [-0.2, 0) is 4.79 Å². The minimum atomic E-state index is -0.0364. The van der Waals surface area contributed by atoms with Crippen LogP contribution in [0.1, 0.15) is 19.4 Å². The molecule has 0 aliphatic carbocycles. The fourth-order valence-electron chi connectivity index (χ4n) is 1.93. The number of benzene rings is 1. The van der Waals surface area contributed by atoms with Crippen LogP contribution in [0.5, 0.6) is 0 Å². The fourth-order valence-corrected chi connectivity index (χ4v) is 2.30. The Morgan fingerprint density at radius 2 is 2.12 bits per heavy atom. The summed E-state index contributed by atoms with van der Waals surface area (Å²) in [5.74, 6) is 0.125. The fraction of sp³-hybridized carbons (Fsp3) is 0.462. The van der Waals surface area contributed by atoms with Crippen molar-refractivity contribution in [3.63, 3.8) is 0 Å². The van der Waals surface area contributed by atoms with Crippen LogP contribution in [0.15, 0.2) is 22.7 Å². The van der Waals surface area contributed by atoms with E-state index in [0.717, 1.165) is 10.2 Å². The lowest BCUT2D eigenvalue weighted by Gasteiger charge is -2.38. The second kappa shape index (κ2) is 4.42. The Balaban J connectivity index is 2.31. The minimum absolute atomic E-state index is 0.0364. The molecular weight excluding hydrogens is 280 g/mol. The van der Waals surface area contributed by atoms with Gasteiger partial charge in [0.1, 0.15) is 0 Å². The largest absolute Gasteiger partial charge is 0.309 e. The van der Waals surface area contributed by atoms with E-state index in [4.69, 9.17) is 0 Å². The molecular formula is C13H17BrN2O. The molecule has 1 fully saturated rings. The van der Waals surface area contributed by atoms with E-state index in [2.05, 4.69) is 35.1 Å². The molecule has 4 heteroatoms. The lowest BCUT2D eigenvalue weighted by Crippen LogP contribution is -2.60. The summed E-state index contributed by atoms with van der Waals surface area (Å²) in [7, 11) is 0. The third kappa shape index (κ3) is 2.69. The van der Waals surface area contributed by atoms with Gasteiger partial charge in [-0.25, -0.2) is 0 Å². The first-order valence-electron chi connectivity index (χ1n) is 5.71. The van der Waals surface area contributed by atoms with Gasteiger partial charge < -0.3 is 10.2 Å². The van der Waals surface area contributed by atoms with Gasteiger partial charge in [-0.15, -0.1) is 0 Å². The first-order valence-corrected chi connectivity index (χ1v) is 6.50. The van der Waals surface area contributed by atoms with Crippen molar-refractivity contribution in [3.8, 4) is 0 Å². The Bertz CT molecular complexity index is 457. The van der Waals surface area contributed by atoms with Crippen molar-refractivity contribution in [1.29, 1.82) is 0 Å². The Hall–Kier alpha value is -0.870. The number of anilines is 1. The highest BCUT2D eigenvalue weighted by molar-refractivity contribution is 9.10. The average Bonchev–Trinajstić information content (AvgIpc) is 2.26. The van der Waals surface area contributed by atoms with E-state index in [1.807, 2.05) is 30.0 Å². The van der Waals surface area contributed by atoms with Crippen LogP contribution in [0.2, 0.25) is 0 Å². The summed E-state index contributed by atoms with van der Waals surface area (Å²) in [5.41, 5.74) is 2.10. The minimum Gasteiger partial charge on any atom is -0.309 e. The summed E-state index contributed by atoms with van der Waals surface area (Å²) < 4.78 is 1.04. The highest BCUT2D eigenvalue weighted by Gasteiger charge is 2.31. The zero-order chi connectivity index (χ0) is 12.6. The Labute approximate surface area is 110 Å². The summed E-state index contributed by atoms with van der Waals surface area (Å²) >= 11 is 3.51. The number of halogens is 1. The maximum Gasteiger partial charge on any atom is 0.241 e. The third-order valence-electron chi connectivity index (χ3n) is 3.04. The molecule has 0 radical (unpaired) electrons. The lowest BCUT2D eigenvalue weighted by atomic mass is 10.0. The van der Waals surface area contributed by atoms with Crippen LogP contribution in [0, 0.1) is 6.92 Å². The average molecular weight is 297 g/mol. The standard InChI is InChI=1S/C13H17BrN2O/c1-9-4-5-10(6-11(9)14)16-8-13(2,3)15-7-12(16)17/h4-6,15H,7-8H2,1-3H3. The van der Waals surface area contributed by atoms with Crippen molar-refractivity contribution in [3.05, 3.63) is 28.2 Å². The van der Waals surface area contributed by atoms with Crippen molar-refractivity contribution >= 4 is 27.5 Å². The van der Waals surface area contributed by atoms with Crippen LogP contribution in [-0.4, -0.2) is 24.5 Å². The molecule has 0 unspecified atom stereocenters. The van der Waals surface area contributed by atoms with Crippen molar-refractivity contribution in [1.82, 2.24) is 5.32 Å². The highest BCUT2D eigenvalue weighted by Crippen LogP contribution is 2.26. The maximum atomic E-state index is 11.9. The Kier molecular flexibility index (Phi) is 3.27. The topological polar surface area (TPSA) is 32.3 Å². The zero-order valence-corrected chi connectivity index (χ0v) is 12.0. The molecule has 17 heavy (non-hydrogen) atoms. The number of aryl methyl sites for hydroxylation is 1. The van der Waals surface area contributed by atoms with Crippen LogP contribution in [0.25, 0.3) is 0 Å². The number of nitrogens with zero attached hydrogens (tertiary/aromatic N) is 1. The normalized spacial score (nSPS) is 19.5. The predicted molar refractivity (Wildman–Crippen MR) is 73.3 cm³/mol. The van der Waals surface area contributed by atoms with Gasteiger partial charge in [0.05, 0.1) is 6.54 Å². The first-order chi connectivity index (χ1) is 7.89. The van der Waals surface area contributed by atoms with Gasteiger partial charge in [0, 0.05) is 22.2 Å². The molecule has 1 aliphatic heterocycles. The van der Waals surface area contributed by atoms with E-state index in [0.29, 0.717) is 13.1 Å². The van der Waals surface area contributed by atoms with Gasteiger partial charge >= 0.3 is 0 Å². The summed E-state index contributed by atoms with van der Waals surface area (Å²) in [6, 6.07) is 6.04. The summed E-state index contributed by atoms with van der Waals surface area (Å²) in [5, 5.41) is 3.23. The molecule has 1 amide bonds. The number of hydrogen-bond donors (Lipinski definition) is 1. The molecule has 0 spiro atoms. The van der Waals surface area contributed by atoms with E-state index >= 15 is 0 Å².